The van der Waals surface area contributed by atoms with Crippen LogP contribution in [-0.2, 0) is 13.0 Å². The summed E-state index contributed by atoms with van der Waals surface area (Å²) < 4.78 is 0. The molecule has 1 aliphatic rings. The number of H-pyrrole nitrogens is 1. The number of hydrogen-bond acceptors (Lipinski definition) is 4. The second-order valence-corrected chi connectivity index (χ2v) is 4.95. The van der Waals surface area contributed by atoms with Crippen LogP contribution in [0.2, 0.25) is 0 Å². The maximum atomic E-state index is 9.85. The molecule has 2 heterocycles. The molecule has 0 radical (unpaired) electrons. The zero-order valence-electron chi connectivity index (χ0n) is 11.1. The van der Waals surface area contributed by atoms with Crippen LogP contribution >= 0.6 is 0 Å². The van der Waals surface area contributed by atoms with E-state index in [4.69, 9.17) is 11.5 Å². The van der Waals surface area contributed by atoms with Crippen molar-refractivity contribution in [2.75, 3.05) is 12.3 Å². The molecule has 0 saturated heterocycles. The Bertz CT molecular complexity index is 673. The van der Waals surface area contributed by atoms with E-state index in [1.54, 1.807) is 18.2 Å². The van der Waals surface area contributed by atoms with E-state index in [-0.39, 0.29) is 5.75 Å². The van der Waals surface area contributed by atoms with E-state index in [2.05, 4.69) is 10.3 Å². The smallest absolute Gasteiger partial charge is 0.124 e. The Hall–Kier alpha value is -2.40. The molecule has 1 aromatic heterocycles. The van der Waals surface area contributed by atoms with Crippen LogP contribution in [0.4, 0.5) is 5.82 Å². The van der Waals surface area contributed by atoms with Crippen LogP contribution in [0.15, 0.2) is 24.3 Å². The maximum absolute atomic E-state index is 9.85. The Morgan fingerprint density at radius 1 is 1.30 bits per heavy atom. The van der Waals surface area contributed by atoms with Gasteiger partial charge < -0.3 is 26.9 Å². The largest absolute Gasteiger partial charge is 0.507 e. The first kappa shape index (κ1) is 12.6. The van der Waals surface area contributed by atoms with Crippen LogP contribution in [0.3, 0.4) is 0 Å². The average molecular weight is 270 g/mol. The number of phenols is 1. The standard InChI is InChI=1S/C15H18N4O/c16-12(9-3-1-2-4-14(9)20)7-10-11-8-18-6-5-13(11)19-15(10)17/h1-4,7,18-20H,5-6,8,16-17H2/b12-7-. The Morgan fingerprint density at radius 3 is 2.90 bits per heavy atom. The maximum Gasteiger partial charge on any atom is 0.124 e. The summed E-state index contributed by atoms with van der Waals surface area (Å²) in [7, 11) is 0. The number of benzene rings is 1. The third-order valence-corrected chi connectivity index (χ3v) is 3.63. The van der Waals surface area contributed by atoms with E-state index < -0.39 is 0 Å². The van der Waals surface area contributed by atoms with Crippen molar-refractivity contribution in [3.05, 3.63) is 46.6 Å². The van der Waals surface area contributed by atoms with E-state index in [0.29, 0.717) is 17.1 Å². The van der Waals surface area contributed by atoms with Gasteiger partial charge in [0.2, 0.25) is 0 Å². The van der Waals surface area contributed by atoms with E-state index in [1.165, 1.54) is 0 Å². The molecule has 1 aromatic carbocycles. The van der Waals surface area contributed by atoms with Gasteiger partial charge in [-0.1, -0.05) is 12.1 Å². The third kappa shape index (κ3) is 2.12. The van der Waals surface area contributed by atoms with Crippen molar-refractivity contribution in [1.82, 2.24) is 10.3 Å². The molecular weight excluding hydrogens is 252 g/mol. The molecule has 1 aliphatic heterocycles. The molecule has 0 amide bonds. The fourth-order valence-corrected chi connectivity index (χ4v) is 2.59. The van der Waals surface area contributed by atoms with Gasteiger partial charge >= 0.3 is 0 Å². The molecule has 5 heteroatoms. The van der Waals surface area contributed by atoms with Gasteiger partial charge in [0.15, 0.2) is 0 Å². The fraction of sp³-hybridized carbons (Fsp3) is 0.200. The lowest BCUT2D eigenvalue weighted by molar-refractivity contribution is 0.473. The van der Waals surface area contributed by atoms with Gasteiger partial charge in [0.1, 0.15) is 11.6 Å². The van der Waals surface area contributed by atoms with Gasteiger partial charge in [0.05, 0.1) is 0 Å². The molecule has 3 rings (SSSR count). The van der Waals surface area contributed by atoms with Crippen molar-refractivity contribution in [2.24, 2.45) is 5.73 Å². The van der Waals surface area contributed by atoms with Gasteiger partial charge in [-0.05, 0) is 23.8 Å². The van der Waals surface area contributed by atoms with Gasteiger partial charge in [-0.2, -0.15) is 0 Å². The number of aromatic amines is 1. The van der Waals surface area contributed by atoms with Crippen LogP contribution in [0.5, 0.6) is 5.75 Å². The zero-order chi connectivity index (χ0) is 14.1. The highest BCUT2D eigenvalue weighted by atomic mass is 16.3. The minimum absolute atomic E-state index is 0.169. The summed E-state index contributed by atoms with van der Waals surface area (Å²) in [5.74, 6) is 0.791. The molecule has 0 fully saturated rings. The molecular formula is C15H18N4O. The third-order valence-electron chi connectivity index (χ3n) is 3.63. The highest BCUT2D eigenvalue weighted by Crippen LogP contribution is 2.29. The highest BCUT2D eigenvalue weighted by Gasteiger charge is 2.17. The summed E-state index contributed by atoms with van der Waals surface area (Å²) in [5.41, 5.74) is 16.5. The summed E-state index contributed by atoms with van der Waals surface area (Å²) >= 11 is 0. The quantitative estimate of drug-likeness (QED) is 0.569. The van der Waals surface area contributed by atoms with Crippen molar-refractivity contribution in [2.45, 2.75) is 13.0 Å². The molecule has 0 bridgehead atoms. The number of nitrogen functional groups attached to an aromatic ring is 1. The topological polar surface area (TPSA) is 100 Å². The summed E-state index contributed by atoms with van der Waals surface area (Å²) in [6.07, 6.45) is 2.76. The van der Waals surface area contributed by atoms with Gasteiger partial charge in [0, 0.05) is 42.0 Å². The molecule has 0 saturated carbocycles. The molecule has 0 spiro atoms. The summed E-state index contributed by atoms with van der Waals surface area (Å²) in [6, 6.07) is 7.01. The summed E-state index contributed by atoms with van der Waals surface area (Å²) in [4.78, 5) is 3.21. The predicted octanol–water partition coefficient (Wildman–Crippen LogP) is 1.40. The number of phenolic OH excluding ortho intramolecular Hbond substituents is 1. The van der Waals surface area contributed by atoms with Crippen molar-refractivity contribution in [3.8, 4) is 5.75 Å². The lowest BCUT2D eigenvalue weighted by Gasteiger charge is -2.13. The van der Waals surface area contributed by atoms with E-state index in [1.807, 2.05) is 12.1 Å². The normalized spacial score (nSPS) is 15.1. The first-order valence-corrected chi connectivity index (χ1v) is 6.62. The van der Waals surface area contributed by atoms with Gasteiger partial charge in [-0.3, -0.25) is 0 Å². The monoisotopic (exact) mass is 270 g/mol. The van der Waals surface area contributed by atoms with Crippen LogP contribution in [-0.4, -0.2) is 16.6 Å². The lowest BCUT2D eigenvalue weighted by atomic mass is 10.0. The molecule has 0 atom stereocenters. The summed E-state index contributed by atoms with van der Waals surface area (Å²) in [6.45, 7) is 1.73. The van der Waals surface area contributed by atoms with Gasteiger partial charge in [0.25, 0.3) is 0 Å². The number of nitrogens with one attached hydrogen (secondary N) is 2. The Morgan fingerprint density at radius 2 is 2.10 bits per heavy atom. The number of aromatic nitrogens is 1. The Balaban J connectivity index is 2.04. The Labute approximate surface area is 117 Å². The van der Waals surface area contributed by atoms with Crippen molar-refractivity contribution < 1.29 is 5.11 Å². The average Bonchev–Trinajstić information content (AvgIpc) is 2.76. The predicted molar refractivity (Wildman–Crippen MR) is 80.8 cm³/mol. The van der Waals surface area contributed by atoms with Gasteiger partial charge in [-0.25, -0.2) is 0 Å². The van der Waals surface area contributed by atoms with E-state index >= 15 is 0 Å². The SMILES string of the molecule is N/C(=C\c1c(N)[nH]c2c1CNCC2)c1ccccc1O. The summed E-state index contributed by atoms with van der Waals surface area (Å²) in [5, 5.41) is 13.2. The number of para-hydroxylation sites is 1. The second kappa shape index (κ2) is 4.94. The first-order valence-electron chi connectivity index (χ1n) is 6.62. The first-order chi connectivity index (χ1) is 9.66. The van der Waals surface area contributed by atoms with Crippen LogP contribution < -0.4 is 16.8 Å². The molecule has 20 heavy (non-hydrogen) atoms. The number of anilines is 1. The number of rotatable bonds is 2. The van der Waals surface area contributed by atoms with E-state index in [9.17, 15) is 5.11 Å². The molecule has 0 unspecified atom stereocenters. The highest BCUT2D eigenvalue weighted by molar-refractivity contribution is 5.86. The minimum atomic E-state index is 0.169. The minimum Gasteiger partial charge on any atom is -0.507 e. The van der Waals surface area contributed by atoms with Crippen LogP contribution in [0.25, 0.3) is 11.8 Å². The number of fused-ring (bicyclic) bond motifs is 1. The number of hydrogen-bond donors (Lipinski definition) is 5. The lowest BCUT2D eigenvalue weighted by Crippen LogP contribution is -2.23. The van der Waals surface area contributed by atoms with Crippen molar-refractivity contribution in [3.63, 3.8) is 0 Å². The molecule has 2 aromatic rings. The molecule has 7 N–H and O–H groups in total. The molecule has 5 nitrogen and oxygen atoms in total. The van der Waals surface area contributed by atoms with Gasteiger partial charge in [-0.15, -0.1) is 0 Å². The number of aromatic hydroxyl groups is 1. The van der Waals surface area contributed by atoms with Crippen LogP contribution in [0, 0.1) is 0 Å². The molecule has 0 aliphatic carbocycles. The van der Waals surface area contributed by atoms with E-state index in [0.717, 1.165) is 36.3 Å². The Kier molecular flexibility index (Phi) is 3.12. The fourth-order valence-electron chi connectivity index (χ4n) is 2.59. The zero-order valence-corrected chi connectivity index (χ0v) is 11.1. The molecule has 104 valence electrons. The van der Waals surface area contributed by atoms with Crippen molar-refractivity contribution >= 4 is 17.6 Å². The second-order valence-electron chi connectivity index (χ2n) is 4.95. The number of nitrogens with two attached hydrogens (primary N) is 2. The van der Waals surface area contributed by atoms with Crippen LogP contribution in [0.1, 0.15) is 22.4 Å². The van der Waals surface area contributed by atoms with Crippen molar-refractivity contribution in [1.29, 1.82) is 0 Å².